The van der Waals surface area contributed by atoms with E-state index in [0.29, 0.717) is 6.42 Å². The Morgan fingerprint density at radius 3 is 2.41 bits per heavy atom. The third-order valence-corrected chi connectivity index (χ3v) is 4.20. The van der Waals surface area contributed by atoms with Gasteiger partial charge in [-0.2, -0.15) is 13.2 Å². The number of rotatable bonds is 4. The number of aliphatic hydroxyl groups is 1. The van der Waals surface area contributed by atoms with E-state index in [1.807, 2.05) is 0 Å². The lowest BCUT2D eigenvalue weighted by Gasteiger charge is -2.51. The molecule has 0 heterocycles. The standard InChI is InChI=1S/C12H19F3O2/c13-12(14,15)6-3-7-17-10-8-9(16)11(10)4-1-2-5-11/h9-10,16H,1-8H2. The summed E-state index contributed by atoms with van der Waals surface area (Å²) >= 11 is 0. The molecule has 2 unspecified atom stereocenters. The molecule has 0 amide bonds. The Hall–Kier alpha value is -0.290. The fourth-order valence-electron chi connectivity index (χ4n) is 3.15. The molecule has 2 rings (SSSR count). The second-order valence-corrected chi connectivity index (χ2v) is 5.27. The van der Waals surface area contributed by atoms with Crippen LogP contribution in [0.2, 0.25) is 0 Å². The van der Waals surface area contributed by atoms with Crippen LogP contribution in [0.4, 0.5) is 13.2 Å². The number of hydrogen-bond acceptors (Lipinski definition) is 2. The molecule has 2 saturated carbocycles. The van der Waals surface area contributed by atoms with E-state index in [2.05, 4.69) is 0 Å². The van der Waals surface area contributed by atoms with Gasteiger partial charge < -0.3 is 9.84 Å². The molecule has 0 saturated heterocycles. The quantitative estimate of drug-likeness (QED) is 0.779. The van der Waals surface area contributed by atoms with Crippen molar-refractivity contribution in [2.24, 2.45) is 5.41 Å². The van der Waals surface area contributed by atoms with Gasteiger partial charge in [0.1, 0.15) is 0 Å². The van der Waals surface area contributed by atoms with Gasteiger partial charge in [0, 0.05) is 24.9 Å². The van der Waals surface area contributed by atoms with Gasteiger partial charge in [-0.15, -0.1) is 0 Å². The van der Waals surface area contributed by atoms with Crippen molar-refractivity contribution in [3.8, 4) is 0 Å². The molecule has 0 radical (unpaired) electrons. The summed E-state index contributed by atoms with van der Waals surface area (Å²) in [5.74, 6) is 0. The van der Waals surface area contributed by atoms with Gasteiger partial charge in [0.25, 0.3) is 0 Å². The van der Waals surface area contributed by atoms with Crippen molar-refractivity contribution in [1.29, 1.82) is 0 Å². The highest BCUT2D eigenvalue weighted by molar-refractivity contribution is 5.06. The van der Waals surface area contributed by atoms with Gasteiger partial charge in [-0.25, -0.2) is 0 Å². The van der Waals surface area contributed by atoms with E-state index in [-0.39, 0.29) is 30.7 Å². The molecule has 2 atom stereocenters. The van der Waals surface area contributed by atoms with Crippen molar-refractivity contribution in [1.82, 2.24) is 0 Å². The third kappa shape index (κ3) is 2.76. The Balaban J connectivity index is 1.70. The van der Waals surface area contributed by atoms with Crippen LogP contribution in [0.3, 0.4) is 0 Å². The second kappa shape index (κ2) is 4.76. The Morgan fingerprint density at radius 1 is 1.24 bits per heavy atom. The van der Waals surface area contributed by atoms with Crippen LogP contribution in [-0.4, -0.2) is 30.1 Å². The monoisotopic (exact) mass is 252 g/mol. The first-order valence-corrected chi connectivity index (χ1v) is 6.30. The summed E-state index contributed by atoms with van der Waals surface area (Å²) in [5.41, 5.74) is -0.127. The molecule has 5 heteroatoms. The lowest BCUT2D eigenvalue weighted by Crippen LogP contribution is -2.56. The smallest absolute Gasteiger partial charge is 0.389 e. The SMILES string of the molecule is OC1CC(OCCCC(F)(F)F)C12CCCC2. The average Bonchev–Trinajstić information content (AvgIpc) is 2.72. The first-order valence-electron chi connectivity index (χ1n) is 6.30. The summed E-state index contributed by atoms with van der Waals surface area (Å²) in [6, 6.07) is 0. The molecule has 1 N–H and O–H groups in total. The van der Waals surface area contributed by atoms with E-state index < -0.39 is 12.6 Å². The maximum atomic E-state index is 11.9. The van der Waals surface area contributed by atoms with Crippen molar-refractivity contribution in [3.63, 3.8) is 0 Å². The highest BCUT2D eigenvalue weighted by Crippen LogP contribution is 2.54. The summed E-state index contributed by atoms with van der Waals surface area (Å²) in [7, 11) is 0. The minimum Gasteiger partial charge on any atom is -0.392 e. The molecular formula is C12H19F3O2. The van der Waals surface area contributed by atoms with E-state index in [9.17, 15) is 18.3 Å². The number of hydrogen-bond donors (Lipinski definition) is 1. The van der Waals surface area contributed by atoms with E-state index in [1.54, 1.807) is 0 Å². The predicted molar refractivity (Wildman–Crippen MR) is 56.6 cm³/mol. The summed E-state index contributed by atoms with van der Waals surface area (Å²) in [5, 5.41) is 9.79. The maximum absolute atomic E-state index is 11.9. The fourth-order valence-corrected chi connectivity index (χ4v) is 3.15. The van der Waals surface area contributed by atoms with Crippen LogP contribution in [0.25, 0.3) is 0 Å². The maximum Gasteiger partial charge on any atom is 0.389 e. The highest BCUT2D eigenvalue weighted by Gasteiger charge is 2.56. The molecule has 100 valence electrons. The van der Waals surface area contributed by atoms with Crippen molar-refractivity contribution < 1.29 is 23.0 Å². The van der Waals surface area contributed by atoms with Crippen LogP contribution < -0.4 is 0 Å². The largest absolute Gasteiger partial charge is 0.392 e. The molecule has 0 aliphatic heterocycles. The zero-order valence-corrected chi connectivity index (χ0v) is 9.80. The van der Waals surface area contributed by atoms with E-state index in [1.165, 1.54) is 0 Å². The number of ether oxygens (including phenoxy) is 1. The summed E-state index contributed by atoms with van der Waals surface area (Å²) in [6.07, 6.45) is -0.485. The summed E-state index contributed by atoms with van der Waals surface area (Å²) in [4.78, 5) is 0. The normalized spacial score (nSPS) is 31.8. The molecular weight excluding hydrogens is 233 g/mol. The molecule has 2 fully saturated rings. The molecule has 2 aliphatic rings. The molecule has 2 aliphatic carbocycles. The van der Waals surface area contributed by atoms with Crippen molar-refractivity contribution in [2.45, 2.75) is 63.3 Å². The van der Waals surface area contributed by atoms with Gasteiger partial charge in [-0.3, -0.25) is 0 Å². The number of aliphatic hydroxyl groups excluding tert-OH is 1. The van der Waals surface area contributed by atoms with E-state index in [4.69, 9.17) is 4.74 Å². The minimum absolute atomic E-state index is 0.0200. The van der Waals surface area contributed by atoms with Crippen LogP contribution in [0, 0.1) is 5.41 Å². The zero-order chi connectivity index (χ0) is 12.5. The van der Waals surface area contributed by atoms with Gasteiger partial charge in [0.05, 0.1) is 12.2 Å². The fraction of sp³-hybridized carbons (Fsp3) is 1.00. The van der Waals surface area contributed by atoms with Gasteiger partial charge >= 0.3 is 6.18 Å². The van der Waals surface area contributed by atoms with Gasteiger partial charge in [0.15, 0.2) is 0 Å². The van der Waals surface area contributed by atoms with E-state index >= 15 is 0 Å². The van der Waals surface area contributed by atoms with Crippen LogP contribution in [-0.2, 0) is 4.74 Å². The number of alkyl halides is 3. The van der Waals surface area contributed by atoms with E-state index in [0.717, 1.165) is 25.7 Å². The average molecular weight is 252 g/mol. The lowest BCUT2D eigenvalue weighted by atomic mass is 9.62. The first-order chi connectivity index (χ1) is 7.94. The molecule has 1 spiro atoms. The molecule has 0 aromatic carbocycles. The minimum atomic E-state index is -4.09. The molecule has 0 aromatic heterocycles. The van der Waals surface area contributed by atoms with Crippen LogP contribution in [0.15, 0.2) is 0 Å². The van der Waals surface area contributed by atoms with Crippen LogP contribution in [0.5, 0.6) is 0 Å². The molecule has 17 heavy (non-hydrogen) atoms. The Labute approximate surface area is 99.1 Å². The highest BCUT2D eigenvalue weighted by atomic mass is 19.4. The second-order valence-electron chi connectivity index (χ2n) is 5.27. The summed E-state index contributed by atoms with van der Waals surface area (Å²) < 4.78 is 41.3. The summed E-state index contributed by atoms with van der Waals surface area (Å²) in [6.45, 7) is 0.151. The molecule has 2 nitrogen and oxygen atoms in total. The van der Waals surface area contributed by atoms with Gasteiger partial charge in [-0.05, 0) is 19.3 Å². The van der Waals surface area contributed by atoms with Crippen molar-refractivity contribution >= 4 is 0 Å². The predicted octanol–water partition coefficient (Wildman–Crippen LogP) is 3.04. The zero-order valence-electron chi connectivity index (χ0n) is 9.80. The first kappa shape index (κ1) is 13.1. The van der Waals surface area contributed by atoms with Crippen molar-refractivity contribution in [2.75, 3.05) is 6.61 Å². The van der Waals surface area contributed by atoms with Gasteiger partial charge in [-0.1, -0.05) is 12.8 Å². The Morgan fingerprint density at radius 2 is 1.88 bits per heavy atom. The lowest BCUT2D eigenvalue weighted by molar-refractivity contribution is -0.194. The van der Waals surface area contributed by atoms with Crippen molar-refractivity contribution in [3.05, 3.63) is 0 Å². The molecule has 0 bridgehead atoms. The van der Waals surface area contributed by atoms with Gasteiger partial charge in [0.2, 0.25) is 0 Å². The Kier molecular flexibility index (Phi) is 3.69. The van der Waals surface area contributed by atoms with Crippen LogP contribution >= 0.6 is 0 Å². The topological polar surface area (TPSA) is 29.5 Å². The number of halogens is 3. The van der Waals surface area contributed by atoms with Crippen LogP contribution in [0.1, 0.15) is 44.9 Å². The third-order valence-electron chi connectivity index (χ3n) is 4.20. The molecule has 0 aromatic rings. The Bertz CT molecular complexity index is 259.